The number of amides is 1. The second-order valence-corrected chi connectivity index (χ2v) is 9.26. The van der Waals surface area contributed by atoms with Gasteiger partial charge in [0.05, 0.1) is 32.6 Å². The first-order valence-corrected chi connectivity index (χ1v) is 11.0. The molecule has 2 aromatic rings. The van der Waals surface area contributed by atoms with Crippen LogP contribution in [0.2, 0.25) is 0 Å². The first-order chi connectivity index (χ1) is 16.2. The van der Waals surface area contributed by atoms with Crippen molar-refractivity contribution in [2.24, 2.45) is 0 Å². The van der Waals surface area contributed by atoms with Crippen molar-refractivity contribution >= 4 is 17.8 Å². The third kappa shape index (κ3) is 9.08. The van der Waals surface area contributed by atoms with Gasteiger partial charge in [0.25, 0.3) is 5.91 Å². The van der Waals surface area contributed by atoms with Gasteiger partial charge >= 0.3 is 12.1 Å². The summed E-state index contributed by atoms with van der Waals surface area (Å²) in [6.45, 7) is 1.56. The molecule has 0 spiro atoms. The number of rotatable bonds is 7. The van der Waals surface area contributed by atoms with E-state index in [2.05, 4.69) is 31.5 Å². The van der Waals surface area contributed by atoms with Crippen LogP contribution in [0.15, 0.2) is 46.9 Å². The van der Waals surface area contributed by atoms with Gasteiger partial charge in [-0.3, -0.25) is 9.59 Å². The predicted octanol–water partition coefficient (Wildman–Crippen LogP) is 2.18. The summed E-state index contributed by atoms with van der Waals surface area (Å²) >= 11 is 0. The van der Waals surface area contributed by atoms with E-state index in [9.17, 15) is 27.9 Å². The first-order valence-electron chi connectivity index (χ1n) is 11.0. The quantitative estimate of drug-likeness (QED) is 0.565. The van der Waals surface area contributed by atoms with Crippen LogP contribution in [0.25, 0.3) is 0 Å². The number of carboxylic acids is 2. The zero-order valence-corrected chi connectivity index (χ0v) is 19.6. The molecule has 2 N–H and O–H groups in total. The number of quaternary nitrogens is 1. The fourth-order valence-electron chi connectivity index (χ4n) is 4.25. The van der Waals surface area contributed by atoms with Crippen molar-refractivity contribution in [2.75, 3.05) is 27.2 Å². The molecule has 1 aromatic heterocycles. The van der Waals surface area contributed by atoms with Gasteiger partial charge in [0.1, 0.15) is 18.3 Å². The highest BCUT2D eigenvalue weighted by molar-refractivity contribution is 5.92. The lowest BCUT2D eigenvalue weighted by Gasteiger charge is -2.45. The van der Waals surface area contributed by atoms with E-state index in [0.717, 1.165) is 25.1 Å². The highest BCUT2D eigenvalue weighted by atomic mass is 19.4. The van der Waals surface area contributed by atoms with E-state index in [1.807, 2.05) is 24.3 Å². The number of carbonyl (C=O) groups excluding carboxylic acids is 2. The smallest absolute Gasteiger partial charge is 0.430 e. The van der Waals surface area contributed by atoms with Crippen molar-refractivity contribution in [1.82, 2.24) is 5.32 Å². The second kappa shape index (κ2) is 11.4. The third-order valence-corrected chi connectivity index (χ3v) is 5.64. The molecule has 1 amide bonds. The molecule has 3 rings (SSSR count). The van der Waals surface area contributed by atoms with Gasteiger partial charge < -0.3 is 29.2 Å². The van der Waals surface area contributed by atoms with Crippen molar-refractivity contribution in [2.45, 2.75) is 43.8 Å². The summed E-state index contributed by atoms with van der Waals surface area (Å²) < 4.78 is 38.0. The molecule has 0 saturated carbocycles. The van der Waals surface area contributed by atoms with Crippen LogP contribution in [0.3, 0.4) is 0 Å². The normalized spacial score (nSPS) is 19.2. The predicted molar refractivity (Wildman–Crippen MR) is 117 cm³/mol. The topological polar surface area (TPSA) is 120 Å². The molecule has 0 bridgehead atoms. The van der Waals surface area contributed by atoms with Gasteiger partial charge in [-0.25, -0.2) is 0 Å². The number of nitrogens with one attached hydrogen (secondary N) is 1. The van der Waals surface area contributed by atoms with Crippen LogP contribution in [0.4, 0.5) is 13.2 Å². The van der Waals surface area contributed by atoms with E-state index in [1.54, 1.807) is 6.07 Å². The Balaban J connectivity index is 0.000000540. The van der Waals surface area contributed by atoms with E-state index in [1.165, 1.54) is 5.56 Å². The first kappa shape index (κ1) is 27.9. The highest BCUT2D eigenvalue weighted by Crippen LogP contribution is 2.28. The van der Waals surface area contributed by atoms with E-state index < -0.39 is 23.7 Å². The minimum absolute atomic E-state index is 0.0814. The Morgan fingerprint density at radius 1 is 1.11 bits per heavy atom. The van der Waals surface area contributed by atoms with Gasteiger partial charge in [0.15, 0.2) is 5.76 Å². The number of benzene rings is 1. The summed E-state index contributed by atoms with van der Waals surface area (Å²) in [5, 5.41) is 21.2. The van der Waals surface area contributed by atoms with Crippen molar-refractivity contribution in [3.63, 3.8) is 0 Å². The summed E-state index contributed by atoms with van der Waals surface area (Å²) in [6, 6.07) is 13.6. The maximum Gasteiger partial charge on any atom is 0.430 e. The number of aliphatic carboxylic acids is 2. The molecule has 0 radical (unpaired) electrons. The summed E-state index contributed by atoms with van der Waals surface area (Å²) in [5.74, 6) is -3.25. The largest absolute Gasteiger partial charge is 0.542 e. The number of likely N-dealkylation sites (N-methyl/N-ethyl adjacent to an activating group) is 1. The van der Waals surface area contributed by atoms with E-state index in [0.29, 0.717) is 23.9 Å². The number of carboxylic acid groups (broad SMARTS) is 2. The molecule has 192 valence electrons. The number of carbonyl (C=O) groups is 3. The lowest BCUT2D eigenvalue weighted by Crippen LogP contribution is -2.64. The van der Waals surface area contributed by atoms with Gasteiger partial charge in [-0.1, -0.05) is 30.3 Å². The Kier molecular flexibility index (Phi) is 9.08. The minimum Gasteiger partial charge on any atom is -0.542 e. The number of aryl methyl sites for hydroxylation is 2. The Bertz CT molecular complexity index is 1020. The Hall–Kier alpha value is -3.34. The maximum absolute atomic E-state index is 12.8. The van der Waals surface area contributed by atoms with Crippen molar-refractivity contribution in [1.29, 1.82) is 0 Å². The number of likely N-dealkylation sites (tertiary alicyclic amines) is 1. The number of hydrogen-bond acceptors (Lipinski definition) is 5. The van der Waals surface area contributed by atoms with Gasteiger partial charge in [-0.15, -0.1) is 0 Å². The summed E-state index contributed by atoms with van der Waals surface area (Å²) in [4.78, 5) is 33.0. The molecule has 1 unspecified atom stereocenters. The monoisotopic (exact) mass is 498 g/mol. The lowest BCUT2D eigenvalue weighted by atomic mass is 9.84. The van der Waals surface area contributed by atoms with E-state index in [-0.39, 0.29) is 18.1 Å². The van der Waals surface area contributed by atoms with Crippen LogP contribution in [0.1, 0.15) is 41.1 Å². The molecule has 11 heteroatoms. The Labute approximate surface area is 200 Å². The number of hydrogen-bond donors (Lipinski definition) is 2. The fraction of sp³-hybridized carbons (Fsp3) is 0.458. The molecule has 1 aliphatic rings. The summed E-state index contributed by atoms with van der Waals surface area (Å²) in [5.41, 5.74) is 0.467. The number of piperidine rings is 1. The summed E-state index contributed by atoms with van der Waals surface area (Å²) in [7, 11) is 4.13. The SMILES string of the molecule is C[N+]1(C)CCCC(CC(=O)O)(NC(=O)c2ccc(CCc3ccccc3)o2)C1.O=C([O-])C(F)(F)F. The van der Waals surface area contributed by atoms with Crippen LogP contribution in [0.5, 0.6) is 0 Å². The van der Waals surface area contributed by atoms with E-state index in [4.69, 9.17) is 14.3 Å². The minimum atomic E-state index is -5.19. The van der Waals surface area contributed by atoms with Crippen LogP contribution < -0.4 is 10.4 Å². The molecule has 1 aliphatic heterocycles. The second-order valence-electron chi connectivity index (χ2n) is 9.26. The molecule has 1 aromatic carbocycles. The number of halogens is 3. The average Bonchev–Trinajstić information content (AvgIpc) is 3.20. The van der Waals surface area contributed by atoms with Gasteiger partial charge in [-0.05, 0) is 37.0 Å². The van der Waals surface area contributed by atoms with Crippen LogP contribution in [-0.4, -0.2) is 66.3 Å². The maximum atomic E-state index is 12.8. The highest BCUT2D eigenvalue weighted by Gasteiger charge is 2.44. The molecule has 1 atom stereocenters. The van der Waals surface area contributed by atoms with Gasteiger partial charge in [0, 0.05) is 6.42 Å². The number of furan rings is 1. The molecule has 8 nitrogen and oxygen atoms in total. The number of alkyl halides is 3. The molecule has 2 heterocycles. The van der Waals surface area contributed by atoms with E-state index >= 15 is 0 Å². The molecule has 1 fully saturated rings. The Morgan fingerprint density at radius 2 is 1.74 bits per heavy atom. The molecule has 0 aliphatic carbocycles. The number of nitrogens with zero attached hydrogens (tertiary/aromatic N) is 1. The average molecular weight is 498 g/mol. The Morgan fingerprint density at radius 3 is 2.29 bits per heavy atom. The molecular weight excluding hydrogens is 469 g/mol. The van der Waals surface area contributed by atoms with Crippen molar-refractivity contribution in [3.8, 4) is 0 Å². The molecule has 1 saturated heterocycles. The molecule has 35 heavy (non-hydrogen) atoms. The lowest BCUT2D eigenvalue weighted by molar-refractivity contribution is -0.899. The molecular formula is C24H29F3N2O6. The summed E-state index contributed by atoms with van der Waals surface area (Å²) in [6.07, 6.45) is -2.19. The van der Waals surface area contributed by atoms with Crippen molar-refractivity contribution in [3.05, 3.63) is 59.5 Å². The zero-order chi connectivity index (χ0) is 26.3. The van der Waals surface area contributed by atoms with Crippen molar-refractivity contribution < 1.29 is 46.7 Å². The van der Waals surface area contributed by atoms with Crippen LogP contribution in [0, 0.1) is 0 Å². The third-order valence-electron chi connectivity index (χ3n) is 5.64. The van der Waals surface area contributed by atoms with Gasteiger partial charge in [0.2, 0.25) is 0 Å². The van der Waals surface area contributed by atoms with Crippen LogP contribution >= 0.6 is 0 Å². The fourth-order valence-corrected chi connectivity index (χ4v) is 4.25. The zero-order valence-electron chi connectivity index (χ0n) is 19.6. The standard InChI is InChI=1S/C22H28N2O4.C2HF3O2/c1-24(2)14-6-13-22(16-24,15-20(25)26)23-21(27)19-12-11-18(28-19)10-9-17-7-4-3-5-8-17;3-2(4,5)1(6)7/h3-5,7-8,11-12H,6,9-10,13-16H2,1-2H3,(H-,23,25,26,27);(H,6,7). The van der Waals surface area contributed by atoms with Gasteiger partial charge in [-0.2, -0.15) is 13.2 Å². The van der Waals surface area contributed by atoms with Crippen LogP contribution in [-0.2, 0) is 22.4 Å².